The van der Waals surface area contributed by atoms with Crippen LogP contribution in [0, 0.1) is 0 Å². The smallest absolute Gasteiger partial charge is 0.344 e. The molecule has 0 fully saturated rings. The minimum absolute atomic E-state index is 0.340. The molecule has 5 heteroatoms. The first-order valence-electron chi connectivity index (χ1n) is 6.30. The van der Waals surface area contributed by atoms with E-state index in [0.717, 1.165) is 5.39 Å². The van der Waals surface area contributed by atoms with Gasteiger partial charge in [-0.2, -0.15) is 0 Å². The van der Waals surface area contributed by atoms with Crippen molar-refractivity contribution in [2.45, 2.75) is 6.92 Å². The molecule has 104 valence electrons. The summed E-state index contributed by atoms with van der Waals surface area (Å²) in [5, 5.41) is 0.740. The molecule has 0 amide bonds. The van der Waals surface area contributed by atoms with Crippen LogP contribution in [0.2, 0.25) is 0 Å². The SMILES string of the molecule is CC(=O)Oc1ccc2cc(-c3cccnc3)c(=O)oc2c1. The van der Waals surface area contributed by atoms with E-state index in [2.05, 4.69) is 4.98 Å². The van der Waals surface area contributed by atoms with Gasteiger partial charge in [-0.1, -0.05) is 6.07 Å². The van der Waals surface area contributed by atoms with Gasteiger partial charge in [0.25, 0.3) is 0 Å². The van der Waals surface area contributed by atoms with Crippen molar-refractivity contribution < 1.29 is 13.9 Å². The molecule has 1 aromatic carbocycles. The van der Waals surface area contributed by atoms with Crippen LogP contribution in [0.15, 0.2) is 58.0 Å². The number of carbonyl (C=O) groups is 1. The Morgan fingerprint density at radius 1 is 1.24 bits per heavy atom. The van der Waals surface area contributed by atoms with E-state index in [4.69, 9.17) is 9.15 Å². The van der Waals surface area contributed by atoms with Crippen LogP contribution in [-0.2, 0) is 4.79 Å². The van der Waals surface area contributed by atoms with Crippen LogP contribution < -0.4 is 10.4 Å². The minimum atomic E-state index is -0.463. The highest BCUT2D eigenvalue weighted by molar-refractivity contribution is 5.83. The Kier molecular flexibility index (Phi) is 3.23. The predicted octanol–water partition coefficient (Wildman–Crippen LogP) is 2.78. The zero-order valence-corrected chi connectivity index (χ0v) is 11.2. The molecule has 0 atom stereocenters. The van der Waals surface area contributed by atoms with Crippen molar-refractivity contribution in [2.75, 3.05) is 0 Å². The number of fused-ring (bicyclic) bond motifs is 1. The number of aromatic nitrogens is 1. The minimum Gasteiger partial charge on any atom is -0.427 e. The molecule has 0 aliphatic rings. The molecule has 5 nitrogen and oxygen atoms in total. The van der Waals surface area contributed by atoms with Gasteiger partial charge in [-0.3, -0.25) is 9.78 Å². The molecular weight excluding hydrogens is 270 g/mol. The maximum Gasteiger partial charge on any atom is 0.344 e. The largest absolute Gasteiger partial charge is 0.427 e. The Labute approximate surface area is 119 Å². The fourth-order valence-corrected chi connectivity index (χ4v) is 2.04. The number of rotatable bonds is 2. The first-order valence-corrected chi connectivity index (χ1v) is 6.30. The van der Waals surface area contributed by atoms with Gasteiger partial charge in [0, 0.05) is 36.3 Å². The van der Waals surface area contributed by atoms with Crippen molar-refractivity contribution in [1.29, 1.82) is 0 Å². The molecule has 0 bridgehead atoms. The third kappa shape index (κ3) is 2.67. The summed E-state index contributed by atoms with van der Waals surface area (Å²) in [4.78, 5) is 27.0. The second-order valence-corrected chi connectivity index (χ2v) is 4.48. The molecule has 3 aromatic rings. The summed E-state index contributed by atoms with van der Waals surface area (Å²) < 4.78 is 10.3. The lowest BCUT2D eigenvalue weighted by atomic mass is 10.1. The summed E-state index contributed by atoms with van der Waals surface area (Å²) in [6, 6.07) is 10.2. The quantitative estimate of drug-likeness (QED) is 0.410. The van der Waals surface area contributed by atoms with Crippen molar-refractivity contribution in [2.24, 2.45) is 0 Å². The lowest BCUT2D eigenvalue weighted by Gasteiger charge is -2.04. The molecule has 0 radical (unpaired) electrons. The maximum absolute atomic E-state index is 12.1. The molecular formula is C16H11NO4. The molecule has 0 N–H and O–H groups in total. The number of pyridine rings is 1. The van der Waals surface area contributed by atoms with E-state index >= 15 is 0 Å². The highest BCUT2D eigenvalue weighted by Gasteiger charge is 2.09. The van der Waals surface area contributed by atoms with Crippen LogP contribution in [0.5, 0.6) is 5.75 Å². The summed E-state index contributed by atoms with van der Waals surface area (Å²) in [5.74, 6) is -0.0871. The van der Waals surface area contributed by atoms with Gasteiger partial charge >= 0.3 is 11.6 Å². The molecule has 0 aliphatic heterocycles. The van der Waals surface area contributed by atoms with Gasteiger partial charge in [-0.05, 0) is 24.3 Å². The third-order valence-corrected chi connectivity index (χ3v) is 2.94. The average Bonchev–Trinajstić information content (AvgIpc) is 2.46. The molecule has 21 heavy (non-hydrogen) atoms. The summed E-state index contributed by atoms with van der Waals surface area (Å²) >= 11 is 0. The number of carbonyl (C=O) groups excluding carboxylic acids is 1. The standard InChI is InChI=1S/C16H11NO4/c1-10(18)20-13-5-4-11-7-14(12-3-2-6-17-9-12)16(19)21-15(11)8-13/h2-9H,1H3. The molecule has 3 rings (SSSR count). The van der Waals surface area contributed by atoms with Crippen LogP contribution in [0.3, 0.4) is 0 Å². The van der Waals surface area contributed by atoms with Gasteiger partial charge in [0.2, 0.25) is 0 Å². The van der Waals surface area contributed by atoms with Crippen LogP contribution in [-0.4, -0.2) is 11.0 Å². The Morgan fingerprint density at radius 3 is 2.81 bits per heavy atom. The zero-order chi connectivity index (χ0) is 14.8. The fourth-order valence-electron chi connectivity index (χ4n) is 2.04. The van der Waals surface area contributed by atoms with Gasteiger partial charge in [-0.25, -0.2) is 4.79 Å². The van der Waals surface area contributed by atoms with Gasteiger partial charge in [0.05, 0.1) is 5.56 Å². The molecule has 0 saturated carbocycles. The van der Waals surface area contributed by atoms with Gasteiger partial charge in [-0.15, -0.1) is 0 Å². The van der Waals surface area contributed by atoms with E-state index in [1.54, 1.807) is 42.7 Å². The monoisotopic (exact) mass is 281 g/mol. The van der Waals surface area contributed by atoms with Crippen molar-refractivity contribution in [3.05, 3.63) is 59.2 Å². The summed E-state index contributed by atoms with van der Waals surface area (Å²) in [5.41, 5.74) is 1.04. The van der Waals surface area contributed by atoms with E-state index in [1.165, 1.54) is 13.0 Å². The Morgan fingerprint density at radius 2 is 2.10 bits per heavy atom. The van der Waals surface area contributed by atoms with E-state index in [9.17, 15) is 9.59 Å². The fraction of sp³-hybridized carbons (Fsp3) is 0.0625. The molecule has 0 saturated heterocycles. The lowest BCUT2D eigenvalue weighted by molar-refractivity contribution is -0.131. The van der Waals surface area contributed by atoms with Crippen molar-refractivity contribution >= 4 is 16.9 Å². The van der Waals surface area contributed by atoms with Crippen LogP contribution >= 0.6 is 0 Å². The molecule has 0 unspecified atom stereocenters. The Hall–Kier alpha value is -2.95. The van der Waals surface area contributed by atoms with E-state index < -0.39 is 11.6 Å². The number of hydrogen-bond acceptors (Lipinski definition) is 5. The summed E-state index contributed by atoms with van der Waals surface area (Å²) in [6.45, 7) is 1.31. The van der Waals surface area contributed by atoms with E-state index in [0.29, 0.717) is 22.5 Å². The van der Waals surface area contributed by atoms with Crippen molar-refractivity contribution in [1.82, 2.24) is 4.98 Å². The Bertz CT molecular complexity index is 868. The number of benzene rings is 1. The molecule has 0 spiro atoms. The number of nitrogens with zero attached hydrogens (tertiary/aromatic N) is 1. The maximum atomic E-state index is 12.1. The molecule has 2 heterocycles. The second-order valence-electron chi connectivity index (χ2n) is 4.48. The second kappa shape index (κ2) is 5.20. The van der Waals surface area contributed by atoms with Crippen molar-refractivity contribution in [3.8, 4) is 16.9 Å². The van der Waals surface area contributed by atoms with Crippen LogP contribution in [0.1, 0.15) is 6.92 Å². The van der Waals surface area contributed by atoms with E-state index in [1.807, 2.05) is 0 Å². The number of esters is 1. The van der Waals surface area contributed by atoms with Gasteiger partial charge < -0.3 is 9.15 Å². The van der Waals surface area contributed by atoms with Gasteiger partial charge in [0.1, 0.15) is 11.3 Å². The number of hydrogen-bond donors (Lipinski definition) is 0. The van der Waals surface area contributed by atoms with E-state index in [-0.39, 0.29) is 0 Å². The van der Waals surface area contributed by atoms with Crippen LogP contribution in [0.25, 0.3) is 22.1 Å². The third-order valence-electron chi connectivity index (χ3n) is 2.94. The summed E-state index contributed by atoms with van der Waals surface area (Å²) in [6.07, 6.45) is 3.24. The first-order chi connectivity index (χ1) is 10.1. The van der Waals surface area contributed by atoms with Gasteiger partial charge in [0.15, 0.2) is 0 Å². The normalized spacial score (nSPS) is 10.5. The van der Waals surface area contributed by atoms with Crippen molar-refractivity contribution in [3.63, 3.8) is 0 Å². The van der Waals surface area contributed by atoms with Crippen LogP contribution in [0.4, 0.5) is 0 Å². The first kappa shape index (κ1) is 13.1. The highest BCUT2D eigenvalue weighted by Crippen LogP contribution is 2.24. The average molecular weight is 281 g/mol. The highest BCUT2D eigenvalue weighted by atomic mass is 16.5. The number of ether oxygens (including phenoxy) is 1. The molecule has 0 aliphatic carbocycles. The predicted molar refractivity (Wildman–Crippen MR) is 77.0 cm³/mol. The Balaban J connectivity index is 2.13. The topological polar surface area (TPSA) is 69.4 Å². The zero-order valence-electron chi connectivity index (χ0n) is 11.2. The summed E-state index contributed by atoms with van der Waals surface area (Å²) in [7, 11) is 0. The lowest BCUT2D eigenvalue weighted by Crippen LogP contribution is -2.04. The molecule has 2 aromatic heterocycles.